The topological polar surface area (TPSA) is 111 Å². The van der Waals surface area contributed by atoms with Gasteiger partial charge in [-0.15, -0.1) is 0 Å². The summed E-state index contributed by atoms with van der Waals surface area (Å²) in [5.41, 5.74) is -0.0296. The summed E-state index contributed by atoms with van der Waals surface area (Å²) >= 11 is 0. The van der Waals surface area contributed by atoms with Gasteiger partial charge < -0.3 is 24.2 Å². The number of ether oxygens (including phenoxy) is 1. The fraction of sp³-hybridized carbons (Fsp3) is 0.652. The summed E-state index contributed by atoms with van der Waals surface area (Å²) in [7, 11) is -3.17. The molecular formula is C23H38NO7P. The molecule has 1 amide bonds. The molecule has 1 aromatic carbocycles. The van der Waals surface area contributed by atoms with Gasteiger partial charge in [0.15, 0.2) is 5.78 Å². The van der Waals surface area contributed by atoms with Gasteiger partial charge in [0, 0.05) is 19.6 Å². The molecule has 0 radical (unpaired) electrons. The second-order valence-corrected chi connectivity index (χ2v) is 10.6. The third-order valence-corrected chi connectivity index (χ3v) is 5.67. The highest BCUT2D eigenvalue weighted by Crippen LogP contribution is 2.44. The van der Waals surface area contributed by atoms with Crippen LogP contribution in [0.15, 0.2) is 24.3 Å². The van der Waals surface area contributed by atoms with Crippen molar-refractivity contribution in [3.8, 4) is 5.75 Å². The van der Waals surface area contributed by atoms with Crippen molar-refractivity contribution in [3.63, 3.8) is 0 Å². The largest absolute Gasteiger partial charge is 0.444 e. The van der Waals surface area contributed by atoms with E-state index in [4.69, 9.17) is 13.8 Å². The highest BCUT2D eigenvalue weighted by Gasteiger charge is 2.20. The zero-order valence-electron chi connectivity index (χ0n) is 19.9. The first kappa shape index (κ1) is 28.1. The van der Waals surface area contributed by atoms with Crippen LogP contribution in [0.1, 0.15) is 77.9 Å². The number of ketones is 1. The molecule has 0 heterocycles. The number of Topliss-reactive ketones (excluding diaryl/α,β-unsaturated/α-hetero) is 1. The maximum atomic E-state index is 12.3. The van der Waals surface area contributed by atoms with Gasteiger partial charge in [-0.1, -0.05) is 31.4 Å². The van der Waals surface area contributed by atoms with E-state index >= 15 is 0 Å². The number of unbranched alkanes of at least 4 members (excludes halogenated alkanes) is 4. The Balaban J connectivity index is 2.24. The number of hydrogen-bond acceptors (Lipinski definition) is 7. The first-order chi connectivity index (χ1) is 14.9. The Morgan fingerprint density at radius 3 is 2.25 bits per heavy atom. The van der Waals surface area contributed by atoms with Crippen LogP contribution in [0.5, 0.6) is 5.75 Å². The quantitative estimate of drug-likeness (QED) is 0.276. The molecule has 0 aliphatic carbocycles. The molecule has 0 aromatic heterocycles. The highest BCUT2D eigenvalue weighted by molar-refractivity contribution is 7.53. The molecule has 0 aliphatic heterocycles. The highest BCUT2D eigenvalue weighted by atomic mass is 31.2. The lowest BCUT2D eigenvalue weighted by atomic mass is 10.0. The molecule has 1 rings (SSSR count). The average Bonchev–Trinajstić information content (AvgIpc) is 2.68. The van der Waals surface area contributed by atoms with E-state index in [1.54, 1.807) is 31.2 Å². The molecule has 2 atom stereocenters. The number of nitrogens with one attached hydrogen (secondary N) is 1. The summed E-state index contributed by atoms with van der Waals surface area (Å²) in [6.45, 7) is 9.43. The van der Waals surface area contributed by atoms with E-state index < -0.39 is 25.4 Å². The van der Waals surface area contributed by atoms with Crippen LogP contribution in [0.4, 0.5) is 4.79 Å². The molecule has 0 saturated carbocycles. The molecule has 0 aliphatic rings. The summed E-state index contributed by atoms with van der Waals surface area (Å²) in [6.07, 6.45) is 3.00. The zero-order valence-corrected chi connectivity index (χ0v) is 20.8. The van der Waals surface area contributed by atoms with Gasteiger partial charge >= 0.3 is 13.7 Å². The minimum atomic E-state index is -3.17. The molecule has 32 heavy (non-hydrogen) atoms. The predicted octanol–water partition coefficient (Wildman–Crippen LogP) is 5.39. The second kappa shape index (κ2) is 13.6. The fourth-order valence-corrected chi connectivity index (χ4v) is 3.97. The first-order valence-corrected chi connectivity index (χ1v) is 13.1. The summed E-state index contributed by atoms with van der Waals surface area (Å²) in [6, 6.07) is 6.29. The number of aliphatic hydroxyl groups is 1. The first-order valence-electron chi connectivity index (χ1n) is 11.1. The lowest BCUT2D eigenvalue weighted by Crippen LogP contribution is -2.32. The number of carbonyl (C=O) groups excluding carboxylic acids is 2. The third-order valence-electron chi connectivity index (χ3n) is 4.40. The predicted molar refractivity (Wildman–Crippen MR) is 124 cm³/mol. The van der Waals surface area contributed by atoms with Crippen LogP contribution in [-0.4, -0.2) is 42.4 Å². The minimum absolute atomic E-state index is 0.235. The third kappa shape index (κ3) is 12.2. The van der Waals surface area contributed by atoms with Gasteiger partial charge in [-0.2, -0.15) is 0 Å². The van der Waals surface area contributed by atoms with E-state index in [0.717, 1.165) is 25.7 Å². The number of amides is 1. The van der Waals surface area contributed by atoms with Crippen LogP contribution in [0.3, 0.4) is 0 Å². The van der Waals surface area contributed by atoms with Gasteiger partial charge in [0.05, 0.1) is 6.61 Å². The standard InChI is InChI=1S/C23H38NO7P/c1-6-29-32(5,28)31-19-15-13-18(14-16-19)21(26)20(25)12-10-8-7-9-11-17-24-22(27)30-23(2,3)4/h13-16,21,26H,6-12,17H2,1-5H3,(H,24,27). The summed E-state index contributed by atoms with van der Waals surface area (Å²) < 4.78 is 27.6. The monoisotopic (exact) mass is 471 g/mol. The van der Waals surface area contributed by atoms with Gasteiger partial charge in [-0.25, -0.2) is 9.36 Å². The van der Waals surface area contributed by atoms with Gasteiger partial charge in [0.2, 0.25) is 0 Å². The van der Waals surface area contributed by atoms with Crippen molar-refractivity contribution in [1.82, 2.24) is 5.32 Å². The molecule has 9 heteroatoms. The van der Waals surface area contributed by atoms with Gasteiger partial charge in [0.1, 0.15) is 17.5 Å². The van der Waals surface area contributed by atoms with E-state index in [0.29, 0.717) is 30.7 Å². The minimum Gasteiger partial charge on any atom is -0.444 e. The molecule has 0 bridgehead atoms. The molecule has 0 saturated heterocycles. The second-order valence-electron chi connectivity index (χ2n) is 8.66. The van der Waals surface area contributed by atoms with Crippen LogP contribution in [-0.2, 0) is 18.6 Å². The molecule has 8 nitrogen and oxygen atoms in total. The maximum absolute atomic E-state index is 12.3. The number of aliphatic hydroxyl groups excluding tert-OH is 1. The Labute approximate surface area is 191 Å². The van der Waals surface area contributed by atoms with Crippen molar-refractivity contribution in [2.45, 2.75) is 77.9 Å². The Kier molecular flexibility index (Phi) is 12.0. The van der Waals surface area contributed by atoms with Crippen LogP contribution in [0, 0.1) is 0 Å². The Hall–Kier alpha value is -1.89. The summed E-state index contributed by atoms with van der Waals surface area (Å²) in [5.74, 6) is 0.120. The lowest BCUT2D eigenvalue weighted by Gasteiger charge is -2.19. The van der Waals surface area contributed by atoms with Gasteiger partial charge in [-0.05, 0) is 58.2 Å². The van der Waals surface area contributed by atoms with Crippen molar-refractivity contribution in [2.75, 3.05) is 19.8 Å². The van der Waals surface area contributed by atoms with Crippen molar-refractivity contribution in [3.05, 3.63) is 29.8 Å². The van der Waals surface area contributed by atoms with E-state index in [2.05, 4.69) is 5.32 Å². The van der Waals surface area contributed by atoms with E-state index in [-0.39, 0.29) is 12.4 Å². The summed E-state index contributed by atoms with van der Waals surface area (Å²) in [4.78, 5) is 23.8. The van der Waals surface area contributed by atoms with Crippen molar-refractivity contribution >= 4 is 19.5 Å². The number of alkyl carbamates (subject to hydrolysis) is 1. The molecule has 2 unspecified atom stereocenters. The van der Waals surface area contributed by atoms with Crippen LogP contribution < -0.4 is 9.84 Å². The zero-order chi connectivity index (χ0) is 24.2. The lowest BCUT2D eigenvalue weighted by molar-refractivity contribution is -0.127. The van der Waals surface area contributed by atoms with Crippen molar-refractivity contribution in [1.29, 1.82) is 0 Å². The van der Waals surface area contributed by atoms with Gasteiger partial charge in [0.25, 0.3) is 0 Å². The maximum Gasteiger partial charge on any atom is 0.407 e. The molecule has 0 spiro atoms. The van der Waals surface area contributed by atoms with Crippen LogP contribution in [0.2, 0.25) is 0 Å². The number of carbonyl (C=O) groups is 2. The van der Waals surface area contributed by atoms with Crippen LogP contribution >= 0.6 is 7.60 Å². The normalized spacial score (nSPS) is 14.3. The Bertz CT molecular complexity index is 759. The SMILES string of the molecule is CCOP(C)(=O)Oc1ccc(C(O)C(=O)CCCCCCCNC(=O)OC(C)(C)C)cc1. The molecular weight excluding hydrogens is 433 g/mol. The number of rotatable bonds is 14. The molecule has 0 fully saturated rings. The van der Waals surface area contributed by atoms with Crippen molar-refractivity contribution < 1.29 is 33.0 Å². The van der Waals surface area contributed by atoms with Crippen LogP contribution in [0.25, 0.3) is 0 Å². The number of hydrogen-bond donors (Lipinski definition) is 2. The average molecular weight is 472 g/mol. The van der Waals surface area contributed by atoms with E-state index in [1.807, 2.05) is 20.8 Å². The fourth-order valence-electron chi connectivity index (χ4n) is 2.95. The Morgan fingerprint density at radius 2 is 1.66 bits per heavy atom. The Morgan fingerprint density at radius 1 is 1.06 bits per heavy atom. The van der Waals surface area contributed by atoms with Crippen molar-refractivity contribution in [2.24, 2.45) is 0 Å². The van der Waals surface area contributed by atoms with E-state index in [9.17, 15) is 19.3 Å². The smallest absolute Gasteiger partial charge is 0.407 e. The molecule has 182 valence electrons. The summed E-state index contributed by atoms with van der Waals surface area (Å²) in [5, 5.41) is 13.0. The molecule has 1 aromatic rings. The van der Waals surface area contributed by atoms with E-state index in [1.165, 1.54) is 6.66 Å². The number of benzene rings is 1. The molecule has 2 N–H and O–H groups in total. The van der Waals surface area contributed by atoms with Gasteiger partial charge in [-0.3, -0.25) is 4.79 Å².